The van der Waals surface area contributed by atoms with E-state index in [4.69, 9.17) is 0 Å². The molecule has 2 aliphatic heterocycles. The average Bonchev–Trinajstić information content (AvgIpc) is 2.58. The van der Waals surface area contributed by atoms with Crippen molar-refractivity contribution in [2.24, 2.45) is 11.8 Å². The fraction of sp³-hybridized carbons (Fsp3) is 0.818. The highest BCUT2D eigenvalue weighted by molar-refractivity contribution is 5.81. The molecular weight excluding hydrogens is 192 g/mol. The SMILES string of the molecule is CC(C)CC(=O)N1CC2CC(=O)NC2C1. The van der Waals surface area contributed by atoms with E-state index in [-0.39, 0.29) is 17.9 Å². The number of amides is 2. The largest absolute Gasteiger partial charge is 0.351 e. The molecule has 0 radical (unpaired) electrons. The van der Waals surface area contributed by atoms with Crippen LogP contribution in [0.1, 0.15) is 26.7 Å². The zero-order valence-electron chi connectivity index (χ0n) is 9.32. The predicted molar refractivity (Wildman–Crippen MR) is 56.1 cm³/mol. The van der Waals surface area contributed by atoms with Gasteiger partial charge in [-0.3, -0.25) is 9.59 Å². The van der Waals surface area contributed by atoms with Crippen LogP contribution in [0.2, 0.25) is 0 Å². The summed E-state index contributed by atoms with van der Waals surface area (Å²) in [4.78, 5) is 24.8. The van der Waals surface area contributed by atoms with Crippen LogP contribution in [0, 0.1) is 11.8 Å². The molecule has 1 N–H and O–H groups in total. The number of nitrogens with zero attached hydrogens (tertiary/aromatic N) is 1. The van der Waals surface area contributed by atoms with Crippen LogP contribution in [0.25, 0.3) is 0 Å². The van der Waals surface area contributed by atoms with Crippen LogP contribution < -0.4 is 5.32 Å². The van der Waals surface area contributed by atoms with Gasteiger partial charge >= 0.3 is 0 Å². The fourth-order valence-corrected chi connectivity index (χ4v) is 2.43. The molecule has 0 aromatic carbocycles. The highest BCUT2D eigenvalue weighted by atomic mass is 16.2. The van der Waals surface area contributed by atoms with E-state index in [0.29, 0.717) is 31.2 Å². The van der Waals surface area contributed by atoms with Crippen molar-refractivity contribution in [3.63, 3.8) is 0 Å². The standard InChI is InChI=1S/C11H18N2O2/c1-7(2)3-11(15)13-5-8-4-10(14)12-9(8)6-13/h7-9H,3-6H2,1-2H3,(H,12,14). The van der Waals surface area contributed by atoms with E-state index in [9.17, 15) is 9.59 Å². The summed E-state index contributed by atoms with van der Waals surface area (Å²) in [6, 6.07) is 0.216. The minimum absolute atomic E-state index is 0.140. The Labute approximate surface area is 90.0 Å². The Balaban J connectivity index is 1.89. The summed E-state index contributed by atoms with van der Waals surface area (Å²) < 4.78 is 0. The fourth-order valence-electron chi connectivity index (χ4n) is 2.43. The van der Waals surface area contributed by atoms with E-state index in [2.05, 4.69) is 19.2 Å². The summed E-state index contributed by atoms with van der Waals surface area (Å²) >= 11 is 0. The van der Waals surface area contributed by atoms with Crippen LogP contribution in [0.4, 0.5) is 0 Å². The quantitative estimate of drug-likeness (QED) is 0.716. The second kappa shape index (κ2) is 3.83. The van der Waals surface area contributed by atoms with Crippen molar-refractivity contribution >= 4 is 11.8 Å². The molecule has 4 heteroatoms. The lowest BCUT2D eigenvalue weighted by atomic mass is 10.1. The Morgan fingerprint density at radius 1 is 1.53 bits per heavy atom. The van der Waals surface area contributed by atoms with Crippen LogP contribution in [-0.2, 0) is 9.59 Å². The van der Waals surface area contributed by atoms with Gasteiger partial charge in [0.25, 0.3) is 0 Å². The van der Waals surface area contributed by atoms with Crippen molar-refractivity contribution in [1.29, 1.82) is 0 Å². The molecule has 2 rings (SSSR count). The van der Waals surface area contributed by atoms with Gasteiger partial charge in [-0.25, -0.2) is 0 Å². The number of hydrogen-bond donors (Lipinski definition) is 1. The van der Waals surface area contributed by atoms with Crippen molar-refractivity contribution in [1.82, 2.24) is 10.2 Å². The van der Waals surface area contributed by atoms with Gasteiger partial charge in [0.1, 0.15) is 0 Å². The summed E-state index contributed by atoms with van der Waals surface area (Å²) in [5.41, 5.74) is 0. The van der Waals surface area contributed by atoms with Gasteiger partial charge in [0, 0.05) is 31.8 Å². The van der Waals surface area contributed by atoms with E-state index in [1.165, 1.54) is 0 Å². The van der Waals surface area contributed by atoms with Crippen molar-refractivity contribution in [3.8, 4) is 0 Å². The van der Waals surface area contributed by atoms with Gasteiger partial charge in [-0.1, -0.05) is 13.8 Å². The third kappa shape index (κ3) is 2.13. The molecule has 2 unspecified atom stereocenters. The molecular formula is C11H18N2O2. The van der Waals surface area contributed by atoms with Crippen LogP contribution in [0.3, 0.4) is 0 Å². The highest BCUT2D eigenvalue weighted by Crippen LogP contribution is 2.26. The molecule has 2 aliphatic rings. The number of nitrogens with one attached hydrogen (secondary N) is 1. The van der Waals surface area contributed by atoms with E-state index in [0.717, 1.165) is 6.54 Å². The van der Waals surface area contributed by atoms with E-state index in [1.54, 1.807) is 0 Å². The van der Waals surface area contributed by atoms with Crippen molar-refractivity contribution in [2.45, 2.75) is 32.7 Å². The molecule has 0 spiro atoms. The van der Waals surface area contributed by atoms with Gasteiger partial charge in [-0.15, -0.1) is 0 Å². The molecule has 2 amide bonds. The average molecular weight is 210 g/mol. The maximum Gasteiger partial charge on any atom is 0.222 e. The molecule has 0 aromatic heterocycles. The molecule has 2 heterocycles. The van der Waals surface area contributed by atoms with Crippen LogP contribution in [0.15, 0.2) is 0 Å². The van der Waals surface area contributed by atoms with Gasteiger partial charge in [0.15, 0.2) is 0 Å². The lowest BCUT2D eigenvalue weighted by Gasteiger charge is -2.18. The van der Waals surface area contributed by atoms with Crippen LogP contribution in [-0.4, -0.2) is 35.8 Å². The molecule has 2 saturated heterocycles. The Bertz CT molecular complexity index is 272. The van der Waals surface area contributed by atoms with E-state index in [1.807, 2.05) is 4.90 Å². The number of carbonyl (C=O) groups excluding carboxylic acids is 2. The van der Waals surface area contributed by atoms with Gasteiger partial charge in [-0.05, 0) is 5.92 Å². The van der Waals surface area contributed by atoms with Gasteiger partial charge in [0.05, 0.1) is 6.04 Å². The first-order valence-electron chi connectivity index (χ1n) is 5.63. The third-order valence-corrected chi connectivity index (χ3v) is 3.17. The van der Waals surface area contributed by atoms with Gasteiger partial charge in [0.2, 0.25) is 11.8 Å². The Hall–Kier alpha value is -1.06. The Morgan fingerprint density at radius 2 is 2.27 bits per heavy atom. The zero-order chi connectivity index (χ0) is 11.0. The Kier molecular flexibility index (Phi) is 2.67. The van der Waals surface area contributed by atoms with Gasteiger partial charge in [-0.2, -0.15) is 0 Å². The van der Waals surface area contributed by atoms with Crippen molar-refractivity contribution < 1.29 is 9.59 Å². The van der Waals surface area contributed by atoms with Crippen molar-refractivity contribution in [3.05, 3.63) is 0 Å². The molecule has 84 valence electrons. The van der Waals surface area contributed by atoms with E-state index >= 15 is 0 Å². The van der Waals surface area contributed by atoms with Crippen molar-refractivity contribution in [2.75, 3.05) is 13.1 Å². The molecule has 0 bridgehead atoms. The second-order valence-electron chi connectivity index (χ2n) is 5.03. The molecule has 2 fully saturated rings. The molecule has 0 aliphatic carbocycles. The molecule has 15 heavy (non-hydrogen) atoms. The third-order valence-electron chi connectivity index (χ3n) is 3.17. The summed E-state index contributed by atoms with van der Waals surface area (Å²) in [7, 11) is 0. The number of likely N-dealkylation sites (tertiary alicyclic amines) is 1. The predicted octanol–water partition coefficient (Wildman–Crippen LogP) is 0.379. The summed E-state index contributed by atoms with van der Waals surface area (Å²) in [6.45, 7) is 5.57. The maximum atomic E-state index is 11.8. The summed E-state index contributed by atoms with van der Waals surface area (Å²) in [5, 5.41) is 2.92. The highest BCUT2D eigenvalue weighted by Gasteiger charge is 2.41. The normalized spacial score (nSPS) is 29.5. The first-order valence-corrected chi connectivity index (χ1v) is 5.63. The monoisotopic (exact) mass is 210 g/mol. The number of rotatable bonds is 2. The smallest absolute Gasteiger partial charge is 0.222 e. The van der Waals surface area contributed by atoms with Gasteiger partial charge < -0.3 is 10.2 Å². The lowest BCUT2D eigenvalue weighted by Crippen LogP contribution is -2.35. The maximum absolute atomic E-state index is 11.8. The first kappa shape index (κ1) is 10.5. The summed E-state index contributed by atoms with van der Waals surface area (Å²) in [6.07, 6.45) is 1.21. The Morgan fingerprint density at radius 3 is 2.87 bits per heavy atom. The zero-order valence-corrected chi connectivity index (χ0v) is 9.32. The molecule has 4 nitrogen and oxygen atoms in total. The van der Waals surface area contributed by atoms with Crippen LogP contribution >= 0.6 is 0 Å². The lowest BCUT2D eigenvalue weighted by molar-refractivity contribution is -0.131. The molecule has 2 atom stereocenters. The minimum Gasteiger partial charge on any atom is -0.351 e. The molecule has 0 saturated carbocycles. The molecule has 0 aromatic rings. The van der Waals surface area contributed by atoms with E-state index < -0.39 is 0 Å². The number of fused-ring (bicyclic) bond motifs is 1. The number of hydrogen-bond acceptors (Lipinski definition) is 2. The topological polar surface area (TPSA) is 49.4 Å². The first-order chi connectivity index (χ1) is 7.06. The minimum atomic E-state index is 0.140. The summed E-state index contributed by atoms with van der Waals surface area (Å²) in [5.74, 6) is 1.13. The second-order valence-corrected chi connectivity index (χ2v) is 5.03. The number of carbonyl (C=O) groups is 2. The van der Waals surface area contributed by atoms with Crippen LogP contribution in [0.5, 0.6) is 0 Å².